The number of hydrogen-bond acceptors (Lipinski definition) is 1. The quantitative estimate of drug-likeness (QED) is 0.652. The van der Waals surface area contributed by atoms with Crippen molar-refractivity contribution in [1.29, 1.82) is 0 Å². The molecule has 1 heterocycles. The van der Waals surface area contributed by atoms with E-state index in [9.17, 15) is 0 Å². The fourth-order valence-electron chi connectivity index (χ4n) is 2.98. The van der Waals surface area contributed by atoms with E-state index in [1.807, 2.05) is 0 Å². The van der Waals surface area contributed by atoms with Gasteiger partial charge in [0.1, 0.15) is 0 Å². The Balaban J connectivity index is 2.78. The van der Waals surface area contributed by atoms with Crippen molar-refractivity contribution in [2.75, 3.05) is 0 Å². The summed E-state index contributed by atoms with van der Waals surface area (Å²) in [5.74, 6) is 0. The van der Waals surface area contributed by atoms with Crippen LogP contribution in [0.1, 0.15) is 60.8 Å². The molecule has 0 spiro atoms. The minimum absolute atomic E-state index is 0.439. The number of nitrogens with zero attached hydrogens (tertiary/aromatic N) is 1. The van der Waals surface area contributed by atoms with Gasteiger partial charge in [-0.2, -0.15) is 0 Å². The Bertz CT molecular complexity index is 178. The molecule has 14 heavy (non-hydrogen) atoms. The lowest BCUT2D eigenvalue weighted by molar-refractivity contribution is 0.0758. The lowest BCUT2D eigenvalue weighted by Gasteiger charge is -2.40. The molecule has 84 valence electrons. The van der Waals surface area contributed by atoms with Gasteiger partial charge in [0.25, 0.3) is 0 Å². The molecule has 0 radical (unpaired) electrons. The maximum absolute atomic E-state index is 2.75. The fourth-order valence-corrected chi connectivity index (χ4v) is 2.98. The molecular formula is C13H27N. The number of hydrogen-bond donors (Lipinski definition) is 0. The van der Waals surface area contributed by atoms with Crippen molar-refractivity contribution in [3.63, 3.8) is 0 Å². The third kappa shape index (κ3) is 2.31. The van der Waals surface area contributed by atoms with E-state index in [1.54, 1.807) is 0 Å². The highest BCUT2D eigenvalue weighted by atomic mass is 15.2. The monoisotopic (exact) mass is 197 g/mol. The van der Waals surface area contributed by atoms with E-state index in [1.165, 1.54) is 19.3 Å². The number of rotatable bonds is 2. The summed E-state index contributed by atoms with van der Waals surface area (Å²) in [7, 11) is 0. The predicted octanol–water partition coefficient (Wildman–Crippen LogP) is 3.68. The second kappa shape index (κ2) is 4.22. The van der Waals surface area contributed by atoms with E-state index in [4.69, 9.17) is 0 Å². The molecule has 0 aromatic carbocycles. The molecule has 0 bridgehead atoms. The van der Waals surface area contributed by atoms with Crippen molar-refractivity contribution in [2.45, 2.75) is 78.9 Å². The summed E-state index contributed by atoms with van der Waals surface area (Å²) in [5, 5.41) is 0. The normalized spacial score (nSPS) is 30.2. The average molecular weight is 197 g/mol. The highest BCUT2D eigenvalue weighted by molar-refractivity contribution is 4.94. The first kappa shape index (κ1) is 12.0. The molecular weight excluding hydrogens is 170 g/mol. The maximum atomic E-state index is 2.75. The Kier molecular flexibility index (Phi) is 3.63. The predicted molar refractivity (Wildman–Crippen MR) is 63.5 cm³/mol. The molecule has 1 rings (SSSR count). The molecule has 0 aliphatic carbocycles. The second-order valence-electron chi connectivity index (χ2n) is 6.06. The number of likely N-dealkylation sites (tertiary alicyclic amines) is 1. The molecule has 1 unspecified atom stereocenters. The molecule has 0 aromatic heterocycles. The van der Waals surface area contributed by atoms with E-state index in [2.05, 4.69) is 46.4 Å². The molecule has 1 heteroatoms. The van der Waals surface area contributed by atoms with Crippen molar-refractivity contribution < 1.29 is 0 Å². The summed E-state index contributed by atoms with van der Waals surface area (Å²) in [4.78, 5) is 2.75. The van der Waals surface area contributed by atoms with Crippen LogP contribution in [-0.4, -0.2) is 23.0 Å². The zero-order chi connectivity index (χ0) is 10.9. The van der Waals surface area contributed by atoms with Crippen LogP contribution in [0.15, 0.2) is 0 Å². The minimum atomic E-state index is 0.439. The van der Waals surface area contributed by atoms with Gasteiger partial charge in [-0.3, -0.25) is 4.90 Å². The third-order valence-electron chi connectivity index (χ3n) is 3.62. The van der Waals surface area contributed by atoms with Crippen molar-refractivity contribution in [2.24, 2.45) is 5.41 Å². The molecule has 0 amide bonds. The Hall–Kier alpha value is -0.0400. The SMILES string of the molecule is CCC1CC[C@@H](C(C)(C)C)N1C(C)C. The first-order chi connectivity index (χ1) is 6.38. The Morgan fingerprint density at radius 3 is 2.14 bits per heavy atom. The maximum Gasteiger partial charge on any atom is 0.0150 e. The molecule has 1 fully saturated rings. The van der Waals surface area contributed by atoms with Crippen LogP contribution in [0.4, 0.5) is 0 Å². The van der Waals surface area contributed by atoms with Crippen LogP contribution in [0, 0.1) is 5.41 Å². The summed E-state index contributed by atoms with van der Waals surface area (Å²) < 4.78 is 0. The Morgan fingerprint density at radius 2 is 1.79 bits per heavy atom. The van der Waals surface area contributed by atoms with Gasteiger partial charge in [0, 0.05) is 18.1 Å². The first-order valence-corrected chi connectivity index (χ1v) is 6.15. The van der Waals surface area contributed by atoms with Crippen molar-refractivity contribution in [3.8, 4) is 0 Å². The summed E-state index contributed by atoms with van der Waals surface area (Å²) in [6.45, 7) is 14.1. The molecule has 1 aliphatic rings. The van der Waals surface area contributed by atoms with Gasteiger partial charge in [-0.25, -0.2) is 0 Å². The lowest BCUT2D eigenvalue weighted by atomic mass is 9.85. The molecule has 2 atom stereocenters. The van der Waals surface area contributed by atoms with Crippen LogP contribution in [0.3, 0.4) is 0 Å². The third-order valence-corrected chi connectivity index (χ3v) is 3.62. The fraction of sp³-hybridized carbons (Fsp3) is 1.00. The largest absolute Gasteiger partial charge is 0.295 e. The van der Waals surface area contributed by atoms with Crippen LogP contribution in [-0.2, 0) is 0 Å². The van der Waals surface area contributed by atoms with E-state index in [-0.39, 0.29) is 0 Å². The highest BCUT2D eigenvalue weighted by Crippen LogP contribution is 2.38. The second-order valence-corrected chi connectivity index (χ2v) is 6.06. The minimum Gasteiger partial charge on any atom is -0.295 e. The van der Waals surface area contributed by atoms with E-state index < -0.39 is 0 Å². The Morgan fingerprint density at radius 1 is 1.21 bits per heavy atom. The van der Waals surface area contributed by atoms with Crippen molar-refractivity contribution in [1.82, 2.24) is 4.90 Å². The summed E-state index contributed by atoms with van der Waals surface area (Å²) in [5.41, 5.74) is 0.439. The molecule has 0 N–H and O–H groups in total. The molecule has 0 saturated carbocycles. The van der Waals surface area contributed by atoms with Gasteiger partial charge in [0.2, 0.25) is 0 Å². The zero-order valence-electron chi connectivity index (χ0n) is 10.8. The standard InChI is InChI=1S/C13H27N/c1-7-11-8-9-12(13(4,5)6)14(11)10(2)3/h10-12H,7-9H2,1-6H3/t11?,12-/m0/s1. The Labute approximate surface area is 89.9 Å². The van der Waals surface area contributed by atoms with Gasteiger partial charge in [-0.1, -0.05) is 27.7 Å². The first-order valence-electron chi connectivity index (χ1n) is 6.15. The van der Waals surface area contributed by atoms with Gasteiger partial charge >= 0.3 is 0 Å². The van der Waals surface area contributed by atoms with Crippen LogP contribution < -0.4 is 0 Å². The molecule has 1 nitrogen and oxygen atoms in total. The van der Waals surface area contributed by atoms with Crippen LogP contribution in [0.2, 0.25) is 0 Å². The van der Waals surface area contributed by atoms with Gasteiger partial charge < -0.3 is 0 Å². The van der Waals surface area contributed by atoms with Gasteiger partial charge in [0.05, 0.1) is 0 Å². The van der Waals surface area contributed by atoms with E-state index >= 15 is 0 Å². The zero-order valence-corrected chi connectivity index (χ0v) is 10.8. The lowest BCUT2D eigenvalue weighted by Crippen LogP contribution is -2.46. The molecule has 1 saturated heterocycles. The smallest absolute Gasteiger partial charge is 0.0150 e. The highest BCUT2D eigenvalue weighted by Gasteiger charge is 2.40. The molecule has 1 aliphatic heterocycles. The van der Waals surface area contributed by atoms with Gasteiger partial charge in [-0.15, -0.1) is 0 Å². The summed E-state index contributed by atoms with van der Waals surface area (Å²) >= 11 is 0. The van der Waals surface area contributed by atoms with E-state index in [0.29, 0.717) is 11.5 Å². The van der Waals surface area contributed by atoms with E-state index in [0.717, 1.165) is 12.1 Å². The topological polar surface area (TPSA) is 3.24 Å². The average Bonchev–Trinajstić information content (AvgIpc) is 2.45. The van der Waals surface area contributed by atoms with Crippen LogP contribution in [0.25, 0.3) is 0 Å². The van der Waals surface area contributed by atoms with Crippen LogP contribution in [0.5, 0.6) is 0 Å². The van der Waals surface area contributed by atoms with Crippen LogP contribution >= 0.6 is 0 Å². The summed E-state index contributed by atoms with van der Waals surface area (Å²) in [6.07, 6.45) is 4.10. The van der Waals surface area contributed by atoms with Gasteiger partial charge in [-0.05, 0) is 38.5 Å². The van der Waals surface area contributed by atoms with Crippen molar-refractivity contribution in [3.05, 3.63) is 0 Å². The van der Waals surface area contributed by atoms with Crippen molar-refractivity contribution >= 4 is 0 Å². The molecule has 0 aromatic rings. The van der Waals surface area contributed by atoms with Gasteiger partial charge in [0.15, 0.2) is 0 Å². The summed E-state index contributed by atoms with van der Waals surface area (Å²) in [6, 6.07) is 2.32.